The van der Waals surface area contributed by atoms with Crippen molar-refractivity contribution in [1.29, 1.82) is 0 Å². The van der Waals surface area contributed by atoms with E-state index in [-0.39, 0.29) is 18.3 Å². The number of rotatable bonds is 2. The van der Waals surface area contributed by atoms with Crippen LogP contribution in [-0.4, -0.2) is 35.7 Å². The van der Waals surface area contributed by atoms with E-state index in [1.807, 2.05) is 6.92 Å². The van der Waals surface area contributed by atoms with Crippen LogP contribution in [0.3, 0.4) is 0 Å². The van der Waals surface area contributed by atoms with E-state index in [1.54, 1.807) is 12.1 Å². The van der Waals surface area contributed by atoms with Gasteiger partial charge in [-0.25, -0.2) is 0 Å². The number of anilines is 1. The first-order valence-corrected chi connectivity index (χ1v) is 5.30. The van der Waals surface area contributed by atoms with Gasteiger partial charge in [-0.15, -0.1) is 5.10 Å². The highest BCUT2D eigenvalue weighted by atomic mass is 16.5. The number of aryl methyl sites for hydroxylation is 1. The Morgan fingerprint density at radius 1 is 1.47 bits per heavy atom. The molecular weight excluding hydrogens is 222 g/mol. The summed E-state index contributed by atoms with van der Waals surface area (Å²) in [6.45, 7) is 2.13. The molecule has 1 fully saturated rings. The van der Waals surface area contributed by atoms with E-state index >= 15 is 0 Å². The fourth-order valence-corrected chi connectivity index (χ4v) is 1.79. The summed E-state index contributed by atoms with van der Waals surface area (Å²) in [5.41, 5.74) is 0.782. The smallest absolute Gasteiger partial charge is 0.311 e. The highest BCUT2D eigenvalue weighted by Crippen LogP contribution is 2.23. The van der Waals surface area contributed by atoms with Gasteiger partial charge in [-0.2, -0.15) is 5.10 Å². The molecule has 1 aliphatic rings. The van der Waals surface area contributed by atoms with Crippen molar-refractivity contribution in [3.8, 4) is 0 Å². The predicted octanol–water partition coefficient (Wildman–Crippen LogP) is 0.311. The molecule has 1 unspecified atom stereocenters. The lowest BCUT2D eigenvalue weighted by atomic mass is 10.1. The lowest BCUT2D eigenvalue weighted by molar-refractivity contribution is -0.145. The van der Waals surface area contributed by atoms with Gasteiger partial charge in [-0.05, 0) is 19.1 Å². The molecule has 1 atom stereocenters. The largest absolute Gasteiger partial charge is 0.469 e. The van der Waals surface area contributed by atoms with Gasteiger partial charge < -0.3 is 4.74 Å². The predicted molar refractivity (Wildman–Crippen MR) is 59.2 cm³/mol. The van der Waals surface area contributed by atoms with E-state index in [0.717, 1.165) is 5.69 Å². The van der Waals surface area contributed by atoms with Gasteiger partial charge in [0, 0.05) is 13.0 Å². The average Bonchev–Trinajstić information content (AvgIpc) is 2.71. The van der Waals surface area contributed by atoms with Gasteiger partial charge in [0.25, 0.3) is 0 Å². The minimum absolute atomic E-state index is 0.126. The molecule has 6 heteroatoms. The maximum absolute atomic E-state index is 11.7. The first-order valence-electron chi connectivity index (χ1n) is 5.30. The second-order valence-electron chi connectivity index (χ2n) is 3.96. The quantitative estimate of drug-likeness (QED) is 0.690. The summed E-state index contributed by atoms with van der Waals surface area (Å²) in [6, 6.07) is 3.50. The molecule has 0 radical (unpaired) electrons. The third kappa shape index (κ3) is 2.25. The van der Waals surface area contributed by atoms with Gasteiger partial charge in [-0.3, -0.25) is 14.5 Å². The van der Waals surface area contributed by atoms with E-state index in [0.29, 0.717) is 12.4 Å². The molecule has 0 bridgehead atoms. The number of amides is 1. The maximum atomic E-state index is 11.7. The molecule has 1 aliphatic heterocycles. The molecule has 0 aliphatic carbocycles. The molecule has 1 aromatic heterocycles. The average molecular weight is 235 g/mol. The van der Waals surface area contributed by atoms with E-state index in [4.69, 9.17) is 0 Å². The second-order valence-corrected chi connectivity index (χ2v) is 3.96. The van der Waals surface area contributed by atoms with E-state index in [2.05, 4.69) is 14.9 Å². The molecular formula is C11H13N3O3. The zero-order valence-electron chi connectivity index (χ0n) is 9.71. The van der Waals surface area contributed by atoms with Crippen LogP contribution in [0, 0.1) is 12.8 Å². The molecule has 0 aromatic carbocycles. The topological polar surface area (TPSA) is 72.4 Å². The number of carbonyl (C=O) groups excluding carboxylic acids is 2. The summed E-state index contributed by atoms with van der Waals surface area (Å²) in [5, 5.41) is 7.82. The highest BCUT2D eigenvalue weighted by Gasteiger charge is 2.36. The van der Waals surface area contributed by atoms with Gasteiger partial charge in [0.15, 0.2) is 5.82 Å². The van der Waals surface area contributed by atoms with Crippen molar-refractivity contribution in [3.63, 3.8) is 0 Å². The van der Waals surface area contributed by atoms with Crippen molar-refractivity contribution < 1.29 is 14.3 Å². The molecule has 6 nitrogen and oxygen atoms in total. The highest BCUT2D eigenvalue weighted by molar-refractivity contribution is 5.98. The first-order chi connectivity index (χ1) is 8.11. The molecule has 0 saturated carbocycles. The van der Waals surface area contributed by atoms with Crippen molar-refractivity contribution in [2.75, 3.05) is 18.6 Å². The summed E-state index contributed by atoms with van der Waals surface area (Å²) >= 11 is 0. The van der Waals surface area contributed by atoms with E-state index < -0.39 is 5.92 Å². The number of methoxy groups -OCH3 is 1. The van der Waals surface area contributed by atoms with E-state index in [9.17, 15) is 9.59 Å². The Kier molecular flexibility index (Phi) is 3.03. The Hall–Kier alpha value is -1.98. The third-order valence-electron chi connectivity index (χ3n) is 2.72. The SMILES string of the molecule is COC(=O)C1CC(=O)N(c2ccc(C)nn2)C1. The van der Waals surface area contributed by atoms with Crippen LogP contribution in [-0.2, 0) is 14.3 Å². The number of carbonyl (C=O) groups is 2. The third-order valence-corrected chi connectivity index (χ3v) is 2.72. The molecule has 1 saturated heterocycles. The summed E-state index contributed by atoms with van der Waals surface area (Å²) in [6.07, 6.45) is 0.169. The van der Waals surface area contributed by atoms with Gasteiger partial charge in [0.1, 0.15) is 0 Å². The Morgan fingerprint density at radius 3 is 2.82 bits per heavy atom. The molecule has 2 heterocycles. The lowest BCUT2D eigenvalue weighted by Gasteiger charge is -2.14. The summed E-state index contributed by atoms with van der Waals surface area (Å²) in [7, 11) is 1.32. The van der Waals surface area contributed by atoms with Crippen LogP contribution in [0.2, 0.25) is 0 Å². The van der Waals surface area contributed by atoms with Crippen molar-refractivity contribution in [3.05, 3.63) is 17.8 Å². The number of hydrogen-bond donors (Lipinski definition) is 0. The number of esters is 1. The molecule has 0 N–H and O–H groups in total. The van der Waals surface area contributed by atoms with Crippen molar-refractivity contribution in [2.45, 2.75) is 13.3 Å². The molecule has 0 spiro atoms. The molecule has 2 rings (SSSR count). The summed E-state index contributed by atoms with van der Waals surface area (Å²) < 4.78 is 4.63. The van der Waals surface area contributed by atoms with Crippen molar-refractivity contribution in [2.24, 2.45) is 5.92 Å². The Bertz CT molecular complexity index is 444. The van der Waals surface area contributed by atoms with Crippen LogP contribution >= 0.6 is 0 Å². The van der Waals surface area contributed by atoms with Crippen molar-refractivity contribution in [1.82, 2.24) is 10.2 Å². The molecule has 1 aromatic rings. The van der Waals surface area contributed by atoms with Crippen LogP contribution in [0.1, 0.15) is 12.1 Å². The normalized spacial score (nSPS) is 19.5. The van der Waals surface area contributed by atoms with E-state index in [1.165, 1.54) is 12.0 Å². The fourth-order valence-electron chi connectivity index (χ4n) is 1.79. The first kappa shape index (κ1) is 11.5. The lowest BCUT2D eigenvalue weighted by Crippen LogP contribution is -2.27. The molecule has 1 amide bonds. The second kappa shape index (κ2) is 4.48. The zero-order valence-corrected chi connectivity index (χ0v) is 9.71. The minimum atomic E-state index is -0.407. The van der Waals surface area contributed by atoms with Gasteiger partial charge >= 0.3 is 5.97 Å². The minimum Gasteiger partial charge on any atom is -0.469 e. The number of hydrogen-bond acceptors (Lipinski definition) is 5. The van der Waals surface area contributed by atoms with Crippen LogP contribution in [0.5, 0.6) is 0 Å². The standard InChI is InChI=1S/C11H13N3O3/c1-7-3-4-9(13-12-7)14-6-8(5-10(14)15)11(16)17-2/h3-4,8H,5-6H2,1-2H3. The van der Waals surface area contributed by atoms with Crippen molar-refractivity contribution >= 4 is 17.7 Å². The van der Waals surface area contributed by atoms with Crippen LogP contribution < -0.4 is 4.90 Å². The maximum Gasteiger partial charge on any atom is 0.311 e. The number of ether oxygens (including phenoxy) is 1. The van der Waals surface area contributed by atoms with Gasteiger partial charge in [0.05, 0.1) is 18.7 Å². The summed E-state index contributed by atoms with van der Waals surface area (Å²) in [4.78, 5) is 24.6. The number of nitrogens with zero attached hydrogens (tertiary/aromatic N) is 3. The monoisotopic (exact) mass is 235 g/mol. The van der Waals surface area contributed by atoms with Gasteiger partial charge in [0.2, 0.25) is 5.91 Å². The van der Waals surface area contributed by atoms with Crippen LogP contribution in [0.15, 0.2) is 12.1 Å². The fraction of sp³-hybridized carbons (Fsp3) is 0.455. The molecule has 90 valence electrons. The van der Waals surface area contributed by atoms with Crippen LogP contribution in [0.25, 0.3) is 0 Å². The van der Waals surface area contributed by atoms with Crippen LogP contribution in [0.4, 0.5) is 5.82 Å². The zero-order chi connectivity index (χ0) is 12.4. The summed E-state index contributed by atoms with van der Waals surface area (Å²) in [5.74, 6) is -0.415. The Morgan fingerprint density at radius 2 is 2.24 bits per heavy atom. The van der Waals surface area contributed by atoms with Gasteiger partial charge in [-0.1, -0.05) is 0 Å². The number of aromatic nitrogens is 2. The molecule has 17 heavy (non-hydrogen) atoms. The Balaban J connectivity index is 2.15. The Labute approximate surface area is 98.6 Å².